The van der Waals surface area contributed by atoms with Gasteiger partial charge in [0.2, 0.25) is 10.0 Å². The van der Waals surface area contributed by atoms with Gasteiger partial charge < -0.3 is 19.2 Å². The van der Waals surface area contributed by atoms with Gasteiger partial charge in [0, 0.05) is 43.3 Å². The van der Waals surface area contributed by atoms with Crippen LogP contribution in [0, 0.1) is 5.82 Å². The highest BCUT2D eigenvalue weighted by Crippen LogP contribution is 2.31. The summed E-state index contributed by atoms with van der Waals surface area (Å²) in [5.74, 6) is -1.04. The van der Waals surface area contributed by atoms with Crippen molar-refractivity contribution in [1.82, 2.24) is 14.1 Å². The molecule has 4 aromatic rings. The first-order chi connectivity index (χ1) is 17.9. The minimum atomic E-state index is -3.55. The molecule has 0 atom stereocenters. The molecule has 0 saturated carbocycles. The van der Waals surface area contributed by atoms with Crippen molar-refractivity contribution in [2.45, 2.75) is 6.61 Å². The maximum Gasteiger partial charge on any atom is 0.257 e. The van der Waals surface area contributed by atoms with Crippen LogP contribution in [0.15, 0.2) is 65.8 Å². The van der Waals surface area contributed by atoms with Crippen molar-refractivity contribution in [1.29, 1.82) is 0 Å². The molecular formula is C25H23ClFN5O5S. The molecule has 0 aliphatic rings. The highest BCUT2D eigenvalue weighted by molar-refractivity contribution is 7.92. The third kappa shape index (κ3) is 6.39. The van der Waals surface area contributed by atoms with Gasteiger partial charge >= 0.3 is 0 Å². The van der Waals surface area contributed by atoms with Crippen LogP contribution < -0.4 is 20.3 Å². The van der Waals surface area contributed by atoms with Crippen LogP contribution >= 0.6 is 11.6 Å². The highest BCUT2D eigenvalue weighted by atomic mass is 35.5. The fraction of sp³-hybridized carbons (Fsp3) is 0.160. The number of carbonyl (C=O) groups is 1. The molecule has 0 aliphatic carbocycles. The molecule has 0 aliphatic heterocycles. The predicted octanol–water partition coefficient (Wildman–Crippen LogP) is 3.78. The maximum atomic E-state index is 14.0. The summed E-state index contributed by atoms with van der Waals surface area (Å²) in [6, 6.07) is 10.3. The van der Waals surface area contributed by atoms with E-state index in [1.54, 1.807) is 49.3 Å². The van der Waals surface area contributed by atoms with Gasteiger partial charge in [-0.05, 0) is 36.4 Å². The lowest BCUT2D eigenvalue weighted by Gasteiger charge is -2.12. The van der Waals surface area contributed by atoms with Gasteiger partial charge in [-0.3, -0.25) is 14.3 Å². The van der Waals surface area contributed by atoms with Crippen LogP contribution in [-0.4, -0.2) is 34.7 Å². The van der Waals surface area contributed by atoms with Crippen molar-refractivity contribution in [2.75, 3.05) is 16.3 Å². The zero-order valence-corrected chi connectivity index (χ0v) is 22.1. The van der Waals surface area contributed by atoms with E-state index in [1.165, 1.54) is 22.8 Å². The average molecular weight is 560 g/mol. The molecule has 1 amide bonds. The Morgan fingerprint density at radius 1 is 1.13 bits per heavy atom. The van der Waals surface area contributed by atoms with Crippen LogP contribution in [0.25, 0.3) is 11.4 Å². The predicted molar refractivity (Wildman–Crippen MR) is 142 cm³/mol. The van der Waals surface area contributed by atoms with Crippen LogP contribution in [-0.2, 0) is 30.7 Å². The number of rotatable bonds is 8. The summed E-state index contributed by atoms with van der Waals surface area (Å²) in [6.07, 6.45) is 5.19. The molecule has 3 aromatic heterocycles. The zero-order chi connectivity index (χ0) is 27.6. The number of hydrogen-bond donors (Lipinski definition) is 2. The van der Waals surface area contributed by atoms with E-state index in [9.17, 15) is 22.4 Å². The fourth-order valence-electron chi connectivity index (χ4n) is 3.70. The molecule has 10 nitrogen and oxygen atoms in total. The van der Waals surface area contributed by atoms with E-state index in [0.29, 0.717) is 11.3 Å². The summed E-state index contributed by atoms with van der Waals surface area (Å²) >= 11 is 6.08. The Balaban J connectivity index is 1.59. The van der Waals surface area contributed by atoms with E-state index in [2.05, 4.69) is 15.0 Å². The van der Waals surface area contributed by atoms with Crippen LogP contribution in [0.3, 0.4) is 0 Å². The van der Waals surface area contributed by atoms with Crippen molar-refractivity contribution >= 4 is 38.9 Å². The van der Waals surface area contributed by atoms with Crippen LogP contribution in [0.5, 0.6) is 5.75 Å². The monoisotopic (exact) mass is 559 g/mol. The summed E-state index contributed by atoms with van der Waals surface area (Å²) in [5.41, 5.74) is 1.56. The number of carbonyl (C=O) groups excluding carboxylic acids is 1. The quantitative estimate of drug-likeness (QED) is 0.338. The molecule has 4 rings (SSSR count). The zero-order valence-electron chi connectivity index (χ0n) is 20.5. The Labute approximate surface area is 222 Å². The second-order valence-electron chi connectivity index (χ2n) is 8.52. The second-order valence-corrected chi connectivity index (χ2v) is 10.7. The summed E-state index contributed by atoms with van der Waals surface area (Å²) in [5, 5.41) is 2.89. The minimum Gasteiger partial charge on any atom is -0.486 e. The maximum absolute atomic E-state index is 14.0. The Morgan fingerprint density at radius 3 is 2.61 bits per heavy atom. The second kappa shape index (κ2) is 10.7. The van der Waals surface area contributed by atoms with E-state index in [-0.39, 0.29) is 45.6 Å². The first-order valence-corrected chi connectivity index (χ1v) is 13.4. The normalized spacial score (nSPS) is 11.3. The van der Waals surface area contributed by atoms with E-state index < -0.39 is 21.7 Å². The van der Waals surface area contributed by atoms with Gasteiger partial charge in [-0.2, -0.15) is 0 Å². The number of amides is 1. The molecule has 13 heteroatoms. The molecule has 0 unspecified atom stereocenters. The number of nitrogens with zero attached hydrogens (tertiary/aromatic N) is 3. The number of aromatic nitrogens is 3. The van der Waals surface area contributed by atoms with Gasteiger partial charge in [0.15, 0.2) is 5.75 Å². The standard InChI is InChI=1S/C25H23ClFN5O5S/c1-31-6-4-5-15(25(31)34)14-37-22-10-18(27)12-28-23(22)21-7-16(13-32(21)2)24(33)29-19-8-17(26)9-20(11-19)30-38(3,35)36/h4-13,30H,14H2,1-3H3,(H,29,33). The van der Waals surface area contributed by atoms with E-state index in [4.69, 9.17) is 16.3 Å². The van der Waals surface area contributed by atoms with E-state index >= 15 is 0 Å². The lowest BCUT2D eigenvalue weighted by Crippen LogP contribution is -2.21. The number of halogens is 2. The number of hydrogen-bond acceptors (Lipinski definition) is 6. The number of sulfonamides is 1. The molecule has 2 N–H and O–H groups in total. The molecule has 0 saturated heterocycles. The van der Waals surface area contributed by atoms with Gasteiger partial charge in [0.05, 0.1) is 35.0 Å². The summed E-state index contributed by atoms with van der Waals surface area (Å²) in [4.78, 5) is 29.4. The Bertz CT molecular complexity index is 1700. The van der Waals surface area contributed by atoms with Crippen molar-refractivity contribution in [3.63, 3.8) is 0 Å². The molecular weight excluding hydrogens is 537 g/mol. The average Bonchev–Trinajstić information content (AvgIpc) is 3.20. The van der Waals surface area contributed by atoms with Crippen LogP contribution in [0.4, 0.5) is 15.8 Å². The third-order valence-corrected chi connectivity index (χ3v) is 6.20. The third-order valence-electron chi connectivity index (χ3n) is 5.37. The Morgan fingerprint density at radius 2 is 1.87 bits per heavy atom. The number of pyridine rings is 2. The SMILES string of the molecule is Cn1cc(C(=O)Nc2cc(Cl)cc(NS(C)(=O)=O)c2)cc1-c1ncc(F)cc1OCc1cccn(C)c1=O. The topological polar surface area (TPSA) is 124 Å². The van der Waals surface area contributed by atoms with Crippen LogP contribution in [0.1, 0.15) is 15.9 Å². The lowest BCUT2D eigenvalue weighted by molar-refractivity contribution is 0.102. The number of ether oxygens (including phenoxy) is 1. The summed E-state index contributed by atoms with van der Waals surface area (Å²) in [6.45, 7) is -0.109. The smallest absolute Gasteiger partial charge is 0.257 e. The van der Waals surface area contributed by atoms with E-state index in [0.717, 1.165) is 18.5 Å². The first-order valence-electron chi connectivity index (χ1n) is 11.1. The van der Waals surface area contributed by atoms with Gasteiger partial charge in [-0.25, -0.2) is 17.8 Å². The number of nitrogens with one attached hydrogen (secondary N) is 2. The molecule has 1 aromatic carbocycles. The number of anilines is 2. The van der Waals surface area contributed by atoms with Crippen molar-refractivity contribution in [3.05, 3.63) is 93.4 Å². The number of aryl methyl sites for hydroxylation is 2. The van der Waals surface area contributed by atoms with E-state index in [1.807, 2.05) is 0 Å². The molecule has 0 radical (unpaired) electrons. The van der Waals surface area contributed by atoms with Crippen molar-refractivity contribution in [2.24, 2.45) is 14.1 Å². The van der Waals surface area contributed by atoms with Crippen LogP contribution in [0.2, 0.25) is 5.02 Å². The molecule has 198 valence electrons. The van der Waals surface area contributed by atoms with Crippen molar-refractivity contribution < 1.29 is 22.3 Å². The van der Waals surface area contributed by atoms with Gasteiger partial charge in [-0.1, -0.05) is 11.6 Å². The van der Waals surface area contributed by atoms with Crippen molar-refractivity contribution in [3.8, 4) is 17.1 Å². The molecule has 3 heterocycles. The Hall–Kier alpha value is -4.16. The summed E-state index contributed by atoms with van der Waals surface area (Å²) in [7, 11) is -0.250. The minimum absolute atomic E-state index is 0.0930. The Kier molecular flexibility index (Phi) is 7.56. The van der Waals surface area contributed by atoms with Gasteiger partial charge in [-0.15, -0.1) is 0 Å². The highest BCUT2D eigenvalue weighted by Gasteiger charge is 2.18. The summed E-state index contributed by atoms with van der Waals surface area (Å²) < 4.78 is 48.3. The number of benzene rings is 1. The largest absolute Gasteiger partial charge is 0.486 e. The van der Waals surface area contributed by atoms with Gasteiger partial charge in [0.1, 0.15) is 18.1 Å². The fourth-order valence-corrected chi connectivity index (χ4v) is 4.49. The molecule has 0 fully saturated rings. The first kappa shape index (κ1) is 26.9. The lowest BCUT2D eigenvalue weighted by atomic mass is 10.2. The molecule has 0 spiro atoms. The van der Waals surface area contributed by atoms with Gasteiger partial charge in [0.25, 0.3) is 11.5 Å². The molecule has 38 heavy (non-hydrogen) atoms. The molecule has 0 bridgehead atoms.